The van der Waals surface area contributed by atoms with Crippen molar-refractivity contribution in [2.75, 3.05) is 33.3 Å². The van der Waals surface area contributed by atoms with Crippen LogP contribution in [0.25, 0.3) is 0 Å². The summed E-state index contributed by atoms with van der Waals surface area (Å²) in [6.07, 6.45) is 0. The molecule has 1 aliphatic rings. The molecule has 2 rings (SSSR count). The minimum absolute atomic E-state index is 0.329. The molecule has 3 heteroatoms. The monoisotopic (exact) mass is 276 g/mol. The molecular weight excluding hydrogens is 248 g/mol. The van der Waals surface area contributed by atoms with E-state index in [0.29, 0.717) is 12.6 Å². The fourth-order valence-electron chi connectivity index (χ4n) is 3.06. The predicted octanol–water partition coefficient (Wildman–Crippen LogP) is 2.93. The molecule has 1 N–H and O–H groups in total. The largest absolute Gasteiger partial charge is 0.494 e. The van der Waals surface area contributed by atoms with E-state index in [1.54, 1.807) is 0 Å². The normalized spacial score (nSPS) is 24.8. The summed E-state index contributed by atoms with van der Waals surface area (Å²) in [5.41, 5.74) is 1.27. The second-order valence-corrected chi connectivity index (χ2v) is 5.99. The molecule has 1 saturated heterocycles. The number of rotatable bonds is 6. The van der Waals surface area contributed by atoms with Crippen molar-refractivity contribution in [2.24, 2.45) is 11.8 Å². The van der Waals surface area contributed by atoms with Crippen LogP contribution in [0.5, 0.6) is 5.75 Å². The zero-order valence-corrected chi connectivity index (χ0v) is 13.2. The van der Waals surface area contributed by atoms with E-state index in [1.807, 2.05) is 20.0 Å². The van der Waals surface area contributed by atoms with E-state index < -0.39 is 0 Å². The van der Waals surface area contributed by atoms with E-state index in [-0.39, 0.29) is 0 Å². The molecule has 20 heavy (non-hydrogen) atoms. The lowest BCUT2D eigenvalue weighted by Gasteiger charge is -2.25. The summed E-state index contributed by atoms with van der Waals surface area (Å²) in [5, 5.41) is 3.45. The van der Waals surface area contributed by atoms with Crippen LogP contribution in [0.2, 0.25) is 0 Å². The van der Waals surface area contributed by atoms with Gasteiger partial charge in [-0.05, 0) is 31.9 Å². The van der Waals surface area contributed by atoms with Gasteiger partial charge in [-0.3, -0.25) is 0 Å². The maximum Gasteiger partial charge on any atom is 0.124 e. The molecule has 3 nitrogen and oxygen atoms in total. The Hall–Kier alpha value is -1.06. The molecule has 1 aromatic rings. The molecule has 0 spiro atoms. The van der Waals surface area contributed by atoms with Crippen LogP contribution in [-0.2, 0) is 0 Å². The van der Waals surface area contributed by atoms with Crippen LogP contribution in [-0.4, -0.2) is 38.2 Å². The Morgan fingerprint density at radius 1 is 1.25 bits per heavy atom. The molecule has 112 valence electrons. The first-order valence-corrected chi connectivity index (χ1v) is 7.77. The highest BCUT2D eigenvalue weighted by Gasteiger charge is 2.28. The third-order valence-electron chi connectivity index (χ3n) is 4.45. The first-order valence-electron chi connectivity index (χ1n) is 7.77. The van der Waals surface area contributed by atoms with Crippen molar-refractivity contribution >= 4 is 0 Å². The van der Waals surface area contributed by atoms with Crippen molar-refractivity contribution in [3.05, 3.63) is 29.8 Å². The Morgan fingerprint density at radius 2 is 1.90 bits per heavy atom. The van der Waals surface area contributed by atoms with Crippen LogP contribution in [0.1, 0.15) is 32.4 Å². The third kappa shape index (κ3) is 3.53. The highest BCUT2D eigenvalue weighted by Crippen LogP contribution is 2.28. The number of nitrogens with one attached hydrogen (secondary N) is 1. The van der Waals surface area contributed by atoms with E-state index in [2.05, 4.69) is 42.3 Å². The van der Waals surface area contributed by atoms with Crippen molar-refractivity contribution in [3.63, 3.8) is 0 Å². The van der Waals surface area contributed by atoms with Crippen LogP contribution >= 0.6 is 0 Å². The molecule has 0 radical (unpaired) electrons. The van der Waals surface area contributed by atoms with E-state index in [9.17, 15) is 0 Å². The van der Waals surface area contributed by atoms with E-state index in [4.69, 9.17) is 4.74 Å². The average molecular weight is 276 g/mol. The van der Waals surface area contributed by atoms with Gasteiger partial charge in [0.1, 0.15) is 5.75 Å². The van der Waals surface area contributed by atoms with Gasteiger partial charge in [-0.2, -0.15) is 0 Å². The molecule has 0 aromatic heterocycles. The molecule has 3 atom stereocenters. The summed E-state index contributed by atoms with van der Waals surface area (Å²) in [6, 6.07) is 8.71. The maximum atomic E-state index is 5.77. The van der Waals surface area contributed by atoms with Crippen molar-refractivity contribution in [2.45, 2.75) is 26.8 Å². The first kappa shape index (κ1) is 15.3. The summed E-state index contributed by atoms with van der Waals surface area (Å²) >= 11 is 0. The van der Waals surface area contributed by atoms with Gasteiger partial charge in [-0.1, -0.05) is 32.0 Å². The predicted molar refractivity (Wildman–Crippen MR) is 84.2 cm³/mol. The number of likely N-dealkylation sites (N-methyl/N-ethyl adjacent to an activating group) is 1. The lowest BCUT2D eigenvalue weighted by molar-refractivity contribution is 0.279. The van der Waals surface area contributed by atoms with E-state index >= 15 is 0 Å². The smallest absolute Gasteiger partial charge is 0.124 e. The number of benzene rings is 1. The number of para-hydroxylation sites is 1. The minimum Gasteiger partial charge on any atom is -0.494 e. The van der Waals surface area contributed by atoms with E-state index in [1.165, 1.54) is 18.7 Å². The van der Waals surface area contributed by atoms with Crippen LogP contribution in [0, 0.1) is 11.8 Å². The van der Waals surface area contributed by atoms with Crippen molar-refractivity contribution in [3.8, 4) is 5.75 Å². The second-order valence-electron chi connectivity index (χ2n) is 5.99. The van der Waals surface area contributed by atoms with Gasteiger partial charge in [0.25, 0.3) is 0 Å². The summed E-state index contributed by atoms with van der Waals surface area (Å²) < 4.78 is 5.77. The Bertz CT molecular complexity index is 411. The Morgan fingerprint density at radius 3 is 2.50 bits per heavy atom. The van der Waals surface area contributed by atoms with Crippen molar-refractivity contribution in [1.29, 1.82) is 0 Å². The summed E-state index contributed by atoms with van der Waals surface area (Å²) in [7, 11) is 2.04. The van der Waals surface area contributed by atoms with Crippen LogP contribution in [0.3, 0.4) is 0 Å². The fourth-order valence-corrected chi connectivity index (χ4v) is 3.06. The first-order chi connectivity index (χ1) is 9.65. The van der Waals surface area contributed by atoms with Crippen molar-refractivity contribution < 1.29 is 4.74 Å². The van der Waals surface area contributed by atoms with Crippen molar-refractivity contribution in [1.82, 2.24) is 10.2 Å². The quantitative estimate of drug-likeness (QED) is 0.864. The topological polar surface area (TPSA) is 24.5 Å². The molecule has 3 unspecified atom stereocenters. The summed E-state index contributed by atoms with van der Waals surface area (Å²) in [5.74, 6) is 2.61. The number of nitrogens with zero attached hydrogens (tertiary/aromatic N) is 1. The molecule has 0 bridgehead atoms. The zero-order chi connectivity index (χ0) is 14.5. The number of ether oxygens (including phenoxy) is 1. The molecule has 1 fully saturated rings. The van der Waals surface area contributed by atoms with Crippen LogP contribution in [0.15, 0.2) is 24.3 Å². The third-order valence-corrected chi connectivity index (χ3v) is 4.45. The van der Waals surface area contributed by atoms with Gasteiger partial charge in [0, 0.05) is 31.2 Å². The lowest BCUT2D eigenvalue weighted by Crippen LogP contribution is -2.32. The molecule has 1 aliphatic heterocycles. The summed E-state index contributed by atoms with van der Waals surface area (Å²) in [6.45, 7) is 10.9. The number of hydrogen-bond donors (Lipinski definition) is 1. The van der Waals surface area contributed by atoms with Gasteiger partial charge in [0.05, 0.1) is 6.61 Å². The molecule has 0 amide bonds. The van der Waals surface area contributed by atoms with Crippen LogP contribution in [0.4, 0.5) is 0 Å². The number of likely N-dealkylation sites (tertiary alicyclic amines) is 1. The molecule has 1 heterocycles. The molecular formula is C17H28N2O. The Balaban J connectivity index is 2.08. The van der Waals surface area contributed by atoms with Gasteiger partial charge in [0.2, 0.25) is 0 Å². The van der Waals surface area contributed by atoms with E-state index in [0.717, 1.165) is 24.1 Å². The summed E-state index contributed by atoms with van der Waals surface area (Å²) in [4.78, 5) is 2.57. The maximum absolute atomic E-state index is 5.77. The zero-order valence-electron chi connectivity index (χ0n) is 13.2. The standard InChI is InChI=1S/C17H28N2O/c1-5-20-17-9-7-6-8-15(17)16(18-4)12-19-10-13(2)14(3)11-19/h6-9,13-14,16,18H,5,10-12H2,1-4H3. The van der Waals surface area contributed by atoms with Crippen LogP contribution < -0.4 is 10.1 Å². The van der Waals surface area contributed by atoms with Gasteiger partial charge in [-0.25, -0.2) is 0 Å². The minimum atomic E-state index is 0.329. The van der Waals surface area contributed by atoms with Gasteiger partial charge < -0.3 is 15.0 Å². The molecule has 0 aliphatic carbocycles. The highest BCUT2D eigenvalue weighted by molar-refractivity contribution is 5.36. The van der Waals surface area contributed by atoms with Gasteiger partial charge >= 0.3 is 0 Å². The Kier molecular flexibility index (Phi) is 5.44. The number of hydrogen-bond acceptors (Lipinski definition) is 3. The molecule has 1 aromatic carbocycles. The SMILES string of the molecule is CCOc1ccccc1C(CN1CC(C)C(C)C1)NC. The average Bonchev–Trinajstić information content (AvgIpc) is 2.76. The molecule has 0 saturated carbocycles. The van der Waals surface area contributed by atoms with Gasteiger partial charge in [0.15, 0.2) is 0 Å². The fraction of sp³-hybridized carbons (Fsp3) is 0.647. The second kappa shape index (κ2) is 7.09. The highest BCUT2D eigenvalue weighted by atomic mass is 16.5. The Labute approximate surface area is 123 Å². The van der Waals surface area contributed by atoms with Gasteiger partial charge in [-0.15, -0.1) is 0 Å². The lowest BCUT2D eigenvalue weighted by atomic mass is 10.0.